The van der Waals surface area contributed by atoms with E-state index < -0.39 is 0 Å². The van der Waals surface area contributed by atoms with E-state index in [4.69, 9.17) is 16.3 Å². The predicted octanol–water partition coefficient (Wildman–Crippen LogP) is 3.57. The molecular weight excluding hydrogens is 306 g/mol. The van der Waals surface area contributed by atoms with Crippen molar-refractivity contribution in [2.24, 2.45) is 0 Å². The highest BCUT2D eigenvalue weighted by molar-refractivity contribution is 7.99. The monoisotopic (exact) mass is 329 g/mol. The zero-order chi connectivity index (χ0) is 14.7. The quantitative estimate of drug-likeness (QED) is 0.789. The van der Waals surface area contributed by atoms with Crippen LogP contribution in [0.3, 0.4) is 0 Å². The molecular formula is C16H24ClNO2S. The molecule has 0 aromatic rings. The molecule has 3 nitrogen and oxygen atoms in total. The van der Waals surface area contributed by atoms with Gasteiger partial charge < -0.3 is 9.64 Å². The number of amides is 1. The molecule has 3 aliphatic rings. The van der Waals surface area contributed by atoms with Crippen LogP contribution in [-0.2, 0) is 9.53 Å². The summed E-state index contributed by atoms with van der Waals surface area (Å²) in [5.74, 6) is 2.40. The Hall–Kier alpha value is -0.190. The summed E-state index contributed by atoms with van der Waals surface area (Å²) < 4.78 is 5.76. The van der Waals surface area contributed by atoms with Gasteiger partial charge in [0.25, 0.3) is 5.91 Å². The molecule has 21 heavy (non-hydrogen) atoms. The van der Waals surface area contributed by atoms with Gasteiger partial charge in [0.15, 0.2) is 0 Å². The Balaban J connectivity index is 1.74. The third kappa shape index (κ3) is 3.77. The first-order valence-electron chi connectivity index (χ1n) is 8.13. The van der Waals surface area contributed by atoms with Gasteiger partial charge >= 0.3 is 0 Å². The van der Waals surface area contributed by atoms with Gasteiger partial charge in [0.1, 0.15) is 0 Å². The second-order valence-electron chi connectivity index (χ2n) is 6.20. The minimum atomic E-state index is 0.183. The number of hydrogen-bond donors (Lipinski definition) is 0. The van der Waals surface area contributed by atoms with Crippen molar-refractivity contribution in [3.8, 4) is 0 Å². The van der Waals surface area contributed by atoms with E-state index in [1.54, 1.807) is 0 Å². The number of ether oxygens (including phenoxy) is 1. The van der Waals surface area contributed by atoms with Crippen LogP contribution < -0.4 is 0 Å². The van der Waals surface area contributed by atoms with Crippen molar-refractivity contribution < 1.29 is 9.53 Å². The van der Waals surface area contributed by atoms with E-state index in [9.17, 15) is 4.79 Å². The lowest BCUT2D eigenvalue weighted by molar-refractivity contribution is -0.131. The largest absolute Gasteiger partial charge is 0.376 e. The van der Waals surface area contributed by atoms with Crippen molar-refractivity contribution in [1.29, 1.82) is 0 Å². The lowest BCUT2D eigenvalue weighted by Gasteiger charge is -2.32. The average molecular weight is 330 g/mol. The van der Waals surface area contributed by atoms with Crippen LogP contribution in [0.2, 0.25) is 0 Å². The number of hydrogen-bond acceptors (Lipinski definition) is 3. The van der Waals surface area contributed by atoms with Crippen LogP contribution in [0, 0.1) is 0 Å². The number of thioether (sulfide) groups is 1. The summed E-state index contributed by atoms with van der Waals surface area (Å²) in [5.41, 5.74) is 0.873. The molecule has 1 amide bonds. The maximum atomic E-state index is 13.0. The lowest BCUT2D eigenvalue weighted by Crippen LogP contribution is -2.45. The molecule has 0 N–H and O–H groups in total. The molecule has 3 rings (SSSR count). The highest BCUT2D eigenvalue weighted by atomic mass is 35.5. The van der Waals surface area contributed by atoms with Gasteiger partial charge in [-0.15, -0.1) is 0 Å². The molecule has 5 heteroatoms. The van der Waals surface area contributed by atoms with Crippen molar-refractivity contribution in [3.05, 3.63) is 10.6 Å². The van der Waals surface area contributed by atoms with Crippen LogP contribution in [0.1, 0.15) is 44.9 Å². The minimum Gasteiger partial charge on any atom is -0.376 e. The summed E-state index contributed by atoms with van der Waals surface area (Å²) >= 11 is 8.29. The van der Waals surface area contributed by atoms with Crippen LogP contribution in [0.5, 0.6) is 0 Å². The molecule has 0 bridgehead atoms. The Labute approximate surface area is 136 Å². The predicted molar refractivity (Wildman–Crippen MR) is 87.8 cm³/mol. The molecule has 0 aromatic carbocycles. The van der Waals surface area contributed by atoms with Crippen LogP contribution in [0.4, 0.5) is 0 Å². The molecule has 118 valence electrons. The Morgan fingerprint density at radius 3 is 2.81 bits per heavy atom. The summed E-state index contributed by atoms with van der Waals surface area (Å²) in [5, 5.41) is 0.800. The van der Waals surface area contributed by atoms with E-state index in [-0.39, 0.29) is 12.0 Å². The summed E-state index contributed by atoms with van der Waals surface area (Å²) in [4.78, 5) is 15.1. The summed E-state index contributed by atoms with van der Waals surface area (Å²) in [6.07, 6.45) is 7.45. The van der Waals surface area contributed by atoms with Gasteiger partial charge in [-0.3, -0.25) is 4.79 Å². The third-order valence-electron chi connectivity index (χ3n) is 4.69. The van der Waals surface area contributed by atoms with E-state index >= 15 is 0 Å². The zero-order valence-electron chi connectivity index (χ0n) is 12.5. The zero-order valence-corrected chi connectivity index (χ0v) is 14.1. The SMILES string of the molecule is O=C(C1=C(Cl)CCCC1)N(C[C@H]1CCCO1)[C@H]1CCSC1. The van der Waals surface area contributed by atoms with Gasteiger partial charge in [-0.2, -0.15) is 11.8 Å². The second-order valence-corrected chi connectivity index (χ2v) is 7.81. The second kappa shape index (κ2) is 7.38. The fraction of sp³-hybridized carbons (Fsp3) is 0.812. The molecule has 0 radical (unpaired) electrons. The van der Waals surface area contributed by atoms with Gasteiger partial charge in [-0.1, -0.05) is 11.6 Å². The van der Waals surface area contributed by atoms with Crippen LogP contribution in [-0.4, -0.2) is 47.6 Å². The maximum Gasteiger partial charge on any atom is 0.251 e. The van der Waals surface area contributed by atoms with Gasteiger partial charge in [0, 0.05) is 35.6 Å². The Bertz CT molecular complexity index is 415. The van der Waals surface area contributed by atoms with Crippen molar-refractivity contribution in [3.63, 3.8) is 0 Å². The van der Waals surface area contributed by atoms with Gasteiger partial charge in [0.2, 0.25) is 0 Å². The molecule has 0 aromatic heterocycles. The molecule has 0 saturated carbocycles. The summed E-state index contributed by atoms with van der Waals surface area (Å²) in [6.45, 7) is 1.59. The van der Waals surface area contributed by atoms with Crippen LogP contribution in [0.15, 0.2) is 10.6 Å². The minimum absolute atomic E-state index is 0.183. The Morgan fingerprint density at radius 1 is 1.29 bits per heavy atom. The number of nitrogens with zero attached hydrogens (tertiary/aromatic N) is 1. The third-order valence-corrected chi connectivity index (χ3v) is 6.25. The molecule has 2 atom stereocenters. The Morgan fingerprint density at radius 2 is 2.14 bits per heavy atom. The average Bonchev–Trinajstić information content (AvgIpc) is 3.18. The molecule has 2 heterocycles. The molecule has 2 fully saturated rings. The first-order chi connectivity index (χ1) is 10.3. The van der Waals surface area contributed by atoms with Crippen molar-refractivity contribution >= 4 is 29.3 Å². The summed E-state index contributed by atoms with van der Waals surface area (Å²) in [7, 11) is 0. The first-order valence-corrected chi connectivity index (χ1v) is 9.67. The molecule has 0 spiro atoms. The summed E-state index contributed by atoms with van der Waals surface area (Å²) in [6, 6.07) is 0.366. The van der Waals surface area contributed by atoms with Gasteiger partial charge in [-0.25, -0.2) is 0 Å². The Kier molecular flexibility index (Phi) is 5.52. The highest BCUT2D eigenvalue weighted by Gasteiger charge is 2.33. The van der Waals surface area contributed by atoms with E-state index in [1.807, 2.05) is 11.8 Å². The maximum absolute atomic E-state index is 13.0. The number of allylic oxidation sites excluding steroid dienone is 1. The van der Waals surface area contributed by atoms with Crippen molar-refractivity contribution in [2.45, 2.75) is 57.1 Å². The van der Waals surface area contributed by atoms with Crippen LogP contribution >= 0.6 is 23.4 Å². The number of carbonyl (C=O) groups excluding carboxylic acids is 1. The molecule has 2 aliphatic heterocycles. The van der Waals surface area contributed by atoms with E-state index in [0.29, 0.717) is 6.04 Å². The normalized spacial score (nSPS) is 30.0. The topological polar surface area (TPSA) is 29.5 Å². The fourth-order valence-electron chi connectivity index (χ4n) is 3.44. The standard InChI is InChI=1S/C16H24ClNO2S/c17-15-6-2-1-5-14(15)16(19)18(12-7-9-21-11-12)10-13-4-3-8-20-13/h12-13H,1-11H2/t12-,13+/m0/s1. The van der Waals surface area contributed by atoms with E-state index in [0.717, 1.165) is 80.2 Å². The van der Waals surface area contributed by atoms with Gasteiger partial charge in [-0.05, 0) is 50.7 Å². The van der Waals surface area contributed by atoms with E-state index in [2.05, 4.69) is 4.90 Å². The molecule has 2 saturated heterocycles. The van der Waals surface area contributed by atoms with Crippen LogP contribution in [0.25, 0.3) is 0 Å². The smallest absolute Gasteiger partial charge is 0.251 e. The number of rotatable bonds is 4. The van der Waals surface area contributed by atoms with Crippen molar-refractivity contribution in [2.75, 3.05) is 24.7 Å². The van der Waals surface area contributed by atoms with Crippen molar-refractivity contribution in [1.82, 2.24) is 4.90 Å². The molecule has 0 unspecified atom stereocenters. The van der Waals surface area contributed by atoms with E-state index in [1.165, 1.54) is 0 Å². The molecule has 1 aliphatic carbocycles. The van der Waals surface area contributed by atoms with Gasteiger partial charge in [0.05, 0.1) is 6.10 Å². The number of halogens is 1. The highest BCUT2D eigenvalue weighted by Crippen LogP contribution is 2.32. The first kappa shape index (κ1) is 15.7. The number of carbonyl (C=O) groups is 1. The lowest BCUT2D eigenvalue weighted by atomic mass is 9.97. The fourth-order valence-corrected chi connectivity index (χ4v) is 4.97.